The molecule has 0 fully saturated rings. The first-order valence-corrected chi connectivity index (χ1v) is 8.94. The summed E-state index contributed by atoms with van der Waals surface area (Å²) >= 11 is 0. The van der Waals surface area contributed by atoms with E-state index in [9.17, 15) is 0 Å². The van der Waals surface area contributed by atoms with Crippen molar-refractivity contribution in [1.29, 1.82) is 0 Å². The molecule has 0 unspecified atom stereocenters. The molecule has 0 aliphatic rings. The van der Waals surface area contributed by atoms with E-state index in [1.165, 1.54) is 16.6 Å². The summed E-state index contributed by atoms with van der Waals surface area (Å²) in [5.41, 5.74) is 8.48. The summed E-state index contributed by atoms with van der Waals surface area (Å²) in [6, 6.07) is 17.1. The maximum Gasteiger partial charge on any atom is 0.159 e. The van der Waals surface area contributed by atoms with Gasteiger partial charge in [-0.3, -0.25) is 0 Å². The van der Waals surface area contributed by atoms with Crippen molar-refractivity contribution in [3.8, 4) is 22.6 Å². The van der Waals surface area contributed by atoms with E-state index in [0.29, 0.717) is 0 Å². The van der Waals surface area contributed by atoms with Crippen LogP contribution in [-0.4, -0.2) is 24.5 Å². The fourth-order valence-electron chi connectivity index (χ4n) is 3.64. The minimum absolute atomic E-state index is 0.839. The number of aromatic nitrogens is 5. The maximum absolute atomic E-state index is 4.84. The van der Waals surface area contributed by atoms with Crippen LogP contribution in [0, 0.1) is 13.8 Å². The monoisotopic (exact) mass is 353 g/mol. The van der Waals surface area contributed by atoms with Crippen LogP contribution in [0.5, 0.6) is 0 Å². The van der Waals surface area contributed by atoms with Crippen LogP contribution in [0.25, 0.3) is 44.6 Å². The molecular formula is C22H19N5. The van der Waals surface area contributed by atoms with Crippen LogP contribution in [0.15, 0.2) is 54.9 Å². The maximum atomic E-state index is 4.84. The smallest absolute Gasteiger partial charge is 0.159 e. The van der Waals surface area contributed by atoms with Crippen molar-refractivity contribution in [2.45, 2.75) is 13.8 Å². The molecule has 0 saturated carbocycles. The summed E-state index contributed by atoms with van der Waals surface area (Å²) in [7, 11) is 2.02. The Balaban J connectivity index is 1.64. The minimum atomic E-state index is 0.839. The van der Waals surface area contributed by atoms with Gasteiger partial charge in [-0.25, -0.2) is 15.0 Å². The summed E-state index contributed by atoms with van der Waals surface area (Å²) in [5, 5.41) is 1.23. The van der Waals surface area contributed by atoms with Gasteiger partial charge in [0.1, 0.15) is 12.0 Å². The number of aryl methyl sites for hydroxylation is 3. The van der Waals surface area contributed by atoms with Crippen molar-refractivity contribution >= 4 is 21.9 Å². The van der Waals surface area contributed by atoms with Crippen LogP contribution >= 0.6 is 0 Å². The quantitative estimate of drug-likeness (QED) is 0.496. The second kappa shape index (κ2) is 5.77. The highest BCUT2D eigenvalue weighted by molar-refractivity contribution is 5.89. The Morgan fingerprint density at radius 2 is 1.70 bits per heavy atom. The summed E-state index contributed by atoms with van der Waals surface area (Å²) in [4.78, 5) is 16.8. The number of rotatable bonds is 2. The summed E-state index contributed by atoms with van der Waals surface area (Å²) in [5.74, 6) is 0.850. The van der Waals surface area contributed by atoms with Gasteiger partial charge in [-0.05, 0) is 60.7 Å². The highest BCUT2D eigenvalue weighted by atomic mass is 15.1. The Hall–Kier alpha value is -3.47. The third kappa shape index (κ3) is 2.59. The van der Waals surface area contributed by atoms with Crippen LogP contribution in [0.1, 0.15) is 11.4 Å². The molecule has 2 aromatic carbocycles. The van der Waals surface area contributed by atoms with E-state index in [-0.39, 0.29) is 0 Å². The first kappa shape index (κ1) is 15.8. The van der Waals surface area contributed by atoms with Crippen molar-refractivity contribution < 1.29 is 0 Å². The number of imidazole rings is 1. The van der Waals surface area contributed by atoms with Crippen LogP contribution in [0.2, 0.25) is 0 Å². The minimum Gasteiger partial charge on any atom is -0.359 e. The fraction of sp³-hybridized carbons (Fsp3) is 0.136. The largest absolute Gasteiger partial charge is 0.359 e. The molecule has 5 nitrogen and oxygen atoms in total. The number of fused-ring (bicyclic) bond motifs is 2. The lowest BCUT2D eigenvalue weighted by molar-refractivity contribution is 0.943. The Kier molecular flexibility index (Phi) is 3.37. The number of H-pyrrole nitrogens is 1. The van der Waals surface area contributed by atoms with Gasteiger partial charge in [0, 0.05) is 24.0 Å². The lowest BCUT2D eigenvalue weighted by atomic mass is 10.0. The van der Waals surface area contributed by atoms with Crippen LogP contribution < -0.4 is 0 Å². The molecule has 0 spiro atoms. The predicted octanol–water partition coefficient (Wildman–Crippen LogP) is 4.80. The van der Waals surface area contributed by atoms with Crippen LogP contribution in [0.3, 0.4) is 0 Å². The van der Waals surface area contributed by atoms with Crippen LogP contribution in [-0.2, 0) is 7.05 Å². The van der Waals surface area contributed by atoms with Gasteiger partial charge >= 0.3 is 0 Å². The van der Waals surface area contributed by atoms with E-state index in [0.717, 1.165) is 39.3 Å². The van der Waals surface area contributed by atoms with Crippen molar-refractivity contribution in [3.05, 3.63) is 66.2 Å². The van der Waals surface area contributed by atoms with Crippen molar-refractivity contribution in [2.75, 3.05) is 0 Å². The molecule has 27 heavy (non-hydrogen) atoms. The molecule has 5 rings (SSSR count). The van der Waals surface area contributed by atoms with Gasteiger partial charge < -0.3 is 9.55 Å². The summed E-state index contributed by atoms with van der Waals surface area (Å²) in [6.07, 6.45) is 1.59. The Bertz CT molecular complexity index is 1310. The second-order valence-corrected chi connectivity index (χ2v) is 7.00. The molecule has 132 valence electrons. The SMILES string of the molecule is Cc1cc(-c2nc3cc(-c4ccc5cc(C)[nH]c5c4)ccc3n2C)ncn1. The Labute approximate surface area is 156 Å². The van der Waals surface area contributed by atoms with E-state index in [4.69, 9.17) is 4.98 Å². The molecule has 3 aromatic heterocycles. The number of hydrogen-bond donors (Lipinski definition) is 1. The molecule has 0 aliphatic heterocycles. The van der Waals surface area contributed by atoms with Crippen molar-refractivity contribution in [3.63, 3.8) is 0 Å². The summed E-state index contributed by atoms with van der Waals surface area (Å²) in [6.45, 7) is 4.04. The molecule has 1 N–H and O–H groups in total. The zero-order chi connectivity index (χ0) is 18.5. The third-order valence-corrected chi connectivity index (χ3v) is 5.00. The third-order valence-electron chi connectivity index (χ3n) is 5.00. The molecular weight excluding hydrogens is 334 g/mol. The van der Waals surface area contributed by atoms with Gasteiger partial charge in [-0.2, -0.15) is 0 Å². The zero-order valence-corrected chi connectivity index (χ0v) is 15.5. The van der Waals surface area contributed by atoms with Gasteiger partial charge in [0.05, 0.1) is 11.0 Å². The number of hydrogen-bond acceptors (Lipinski definition) is 3. The highest BCUT2D eigenvalue weighted by Gasteiger charge is 2.12. The number of aromatic amines is 1. The van der Waals surface area contributed by atoms with E-state index >= 15 is 0 Å². The van der Waals surface area contributed by atoms with E-state index in [2.05, 4.69) is 68.9 Å². The molecule has 5 heteroatoms. The van der Waals surface area contributed by atoms with Crippen LogP contribution in [0.4, 0.5) is 0 Å². The highest BCUT2D eigenvalue weighted by Crippen LogP contribution is 2.29. The average molecular weight is 353 g/mol. The molecule has 0 radical (unpaired) electrons. The van der Waals surface area contributed by atoms with E-state index in [1.54, 1.807) is 6.33 Å². The summed E-state index contributed by atoms with van der Waals surface area (Å²) < 4.78 is 2.08. The molecule has 0 bridgehead atoms. The topological polar surface area (TPSA) is 59.4 Å². The van der Waals surface area contributed by atoms with E-state index in [1.807, 2.05) is 20.0 Å². The Morgan fingerprint density at radius 3 is 2.56 bits per heavy atom. The van der Waals surface area contributed by atoms with E-state index < -0.39 is 0 Å². The Morgan fingerprint density at radius 1 is 0.889 bits per heavy atom. The standard InChI is InChI=1S/C22H19N5/c1-13-9-20(24-12-23-13)22-26-19-11-16(6-7-21(19)27(22)3)15-4-5-17-8-14(2)25-18(17)10-15/h4-12,25H,1-3H3. The molecule has 5 aromatic rings. The van der Waals surface area contributed by atoms with Gasteiger partial charge in [0.2, 0.25) is 0 Å². The fourth-order valence-corrected chi connectivity index (χ4v) is 3.64. The van der Waals surface area contributed by atoms with Gasteiger partial charge in [0.15, 0.2) is 5.82 Å². The second-order valence-electron chi connectivity index (χ2n) is 7.00. The van der Waals surface area contributed by atoms with Crippen molar-refractivity contribution in [1.82, 2.24) is 24.5 Å². The number of benzene rings is 2. The number of nitrogens with one attached hydrogen (secondary N) is 1. The van der Waals surface area contributed by atoms with Gasteiger partial charge in [-0.15, -0.1) is 0 Å². The first-order valence-electron chi connectivity index (χ1n) is 8.94. The molecule has 0 atom stereocenters. The zero-order valence-electron chi connectivity index (χ0n) is 15.5. The number of nitrogens with zero attached hydrogens (tertiary/aromatic N) is 4. The van der Waals surface area contributed by atoms with Gasteiger partial charge in [-0.1, -0.05) is 18.2 Å². The average Bonchev–Trinajstić information content (AvgIpc) is 3.19. The lowest BCUT2D eigenvalue weighted by Crippen LogP contribution is -1.96. The predicted molar refractivity (Wildman–Crippen MR) is 109 cm³/mol. The normalized spacial score (nSPS) is 11.5. The molecule has 3 heterocycles. The van der Waals surface area contributed by atoms with Gasteiger partial charge in [0.25, 0.3) is 0 Å². The molecule has 0 amide bonds. The molecule has 0 aliphatic carbocycles. The van der Waals surface area contributed by atoms with Crippen molar-refractivity contribution in [2.24, 2.45) is 7.05 Å². The molecule has 0 saturated heterocycles. The lowest BCUT2D eigenvalue weighted by Gasteiger charge is -2.04. The first-order chi connectivity index (χ1) is 13.1.